The van der Waals surface area contributed by atoms with Crippen molar-refractivity contribution in [1.29, 1.82) is 0 Å². The molecule has 0 amide bonds. The zero-order valence-electron chi connectivity index (χ0n) is 21.3. The first kappa shape index (κ1) is 25.1. The lowest BCUT2D eigenvalue weighted by Gasteiger charge is -2.28. The van der Waals surface area contributed by atoms with Crippen molar-refractivity contribution in [3.63, 3.8) is 0 Å². The molecule has 4 nitrogen and oxygen atoms in total. The maximum atomic E-state index is 6.63. The van der Waals surface area contributed by atoms with Crippen molar-refractivity contribution in [2.24, 2.45) is 4.99 Å². The number of aryl methyl sites for hydroxylation is 1. The van der Waals surface area contributed by atoms with Crippen LogP contribution >= 0.6 is 11.6 Å². The summed E-state index contributed by atoms with van der Waals surface area (Å²) in [6.45, 7) is 14.6. The minimum atomic E-state index is 0.243. The van der Waals surface area contributed by atoms with E-state index < -0.39 is 0 Å². The Bertz CT molecular complexity index is 1220. The molecule has 5 heteroatoms. The molecule has 0 bridgehead atoms. The molecule has 0 spiro atoms. The third kappa shape index (κ3) is 6.18. The molecule has 1 atom stereocenters. The lowest BCUT2D eigenvalue weighted by Crippen LogP contribution is -2.29. The predicted octanol–water partition coefficient (Wildman–Crippen LogP) is 8.42. The number of pyridine rings is 2. The number of benzene rings is 1. The molecular formula is C30H35ClN4. The van der Waals surface area contributed by atoms with Crippen LogP contribution in [0.4, 0.5) is 11.5 Å². The zero-order valence-corrected chi connectivity index (χ0v) is 22.1. The topological polar surface area (TPSA) is 41.4 Å². The smallest absolute Gasteiger partial charge is 0.155 e. The number of piperidine rings is 1. The van der Waals surface area contributed by atoms with Crippen molar-refractivity contribution in [3.05, 3.63) is 77.1 Å². The van der Waals surface area contributed by atoms with Crippen LogP contribution in [0, 0.1) is 6.92 Å². The largest absolute Gasteiger partial charge is 0.372 e. The van der Waals surface area contributed by atoms with Gasteiger partial charge in [0.25, 0.3) is 0 Å². The second-order valence-electron chi connectivity index (χ2n) is 9.76. The first-order chi connectivity index (χ1) is 16.8. The van der Waals surface area contributed by atoms with Crippen LogP contribution in [0.2, 0.25) is 5.02 Å². The van der Waals surface area contributed by atoms with Gasteiger partial charge in [0.2, 0.25) is 0 Å². The van der Waals surface area contributed by atoms with Crippen LogP contribution < -0.4 is 4.90 Å². The van der Waals surface area contributed by atoms with Crippen molar-refractivity contribution in [2.75, 3.05) is 18.0 Å². The lowest BCUT2D eigenvalue weighted by atomic mass is 9.98. The van der Waals surface area contributed by atoms with Gasteiger partial charge in [0.05, 0.1) is 10.7 Å². The average molecular weight is 487 g/mol. The number of halogens is 1. The fourth-order valence-electron chi connectivity index (χ4n) is 4.63. The van der Waals surface area contributed by atoms with E-state index in [0.717, 1.165) is 64.7 Å². The molecule has 0 aliphatic carbocycles. The van der Waals surface area contributed by atoms with Gasteiger partial charge < -0.3 is 4.90 Å². The molecule has 4 rings (SSSR count). The molecule has 35 heavy (non-hydrogen) atoms. The number of rotatable bonds is 7. The Hall–Kier alpha value is -2.98. The Balaban J connectivity index is 1.54. The first-order valence-electron chi connectivity index (χ1n) is 12.5. The van der Waals surface area contributed by atoms with Crippen LogP contribution in [0.1, 0.15) is 69.2 Å². The summed E-state index contributed by atoms with van der Waals surface area (Å²) in [5, 5.41) is 0.652. The van der Waals surface area contributed by atoms with Gasteiger partial charge >= 0.3 is 0 Å². The molecule has 1 unspecified atom stereocenters. The zero-order chi connectivity index (χ0) is 24.9. The van der Waals surface area contributed by atoms with Gasteiger partial charge in [-0.25, -0.2) is 9.98 Å². The Morgan fingerprint density at radius 3 is 2.49 bits per heavy atom. The summed E-state index contributed by atoms with van der Waals surface area (Å²) in [7, 11) is 0. The van der Waals surface area contributed by atoms with Gasteiger partial charge in [0.15, 0.2) is 5.82 Å². The quantitative estimate of drug-likeness (QED) is 0.314. The molecule has 1 aliphatic rings. The van der Waals surface area contributed by atoms with Crippen LogP contribution in [0.25, 0.3) is 16.8 Å². The third-order valence-electron chi connectivity index (χ3n) is 6.68. The standard InChI is InChI=1S/C30H35ClN4/c1-20(2)25-13-14-32-28(19-25)21(3)17-23(5)33-30-22(4)18-27(31)29(34-30)24-9-11-26(12-10-24)35-15-7-6-8-16-35/h9-14,18-19,21H,1,6-8,15-17H2,2-5H3. The second-order valence-corrected chi connectivity index (χ2v) is 10.2. The monoisotopic (exact) mass is 486 g/mol. The molecule has 0 radical (unpaired) electrons. The minimum absolute atomic E-state index is 0.243. The Morgan fingerprint density at radius 2 is 1.80 bits per heavy atom. The molecule has 0 saturated carbocycles. The van der Waals surface area contributed by atoms with Gasteiger partial charge in [0, 0.05) is 47.9 Å². The van der Waals surface area contributed by atoms with Gasteiger partial charge in [-0.3, -0.25) is 4.98 Å². The molecule has 3 heterocycles. The van der Waals surface area contributed by atoms with Gasteiger partial charge in [0.1, 0.15) is 0 Å². The summed E-state index contributed by atoms with van der Waals surface area (Å²) in [5.74, 6) is 0.963. The summed E-state index contributed by atoms with van der Waals surface area (Å²) in [4.78, 5) is 16.8. The summed E-state index contributed by atoms with van der Waals surface area (Å²) < 4.78 is 0. The molecule has 3 aromatic rings. The fourth-order valence-corrected chi connectivity index (χ4v) is 4.94. The predicted molar refractivity (Wildman–Crippen MR) is 150 cm³/mol. The van der Waals surface area contributed by atoms with E-state index in [1.165, 1.54) is 24.9 Å². The Kier molecular flexibility index (Phi) is 8.02. The maximum Gasteiger partial charge on any atom is 0.155 e. The van der Waals surface area contributed by atoms with Gasteiger partial charge in [-0.15, -0.1) is 0 Å². The van der Waals surface area contributed by atoms with Crippen molar-refractivity contribution >= 4 is 34.4 Å². The molecule has 1 aliphatic heterocycles. The summed E-state index contributed by atoms with van der Waals surface area (Å²) >= 11 is 6.63. The van der Waals surface area contributed by atoms with Crippen LogP contribution in [0.15, 0.2) is 60.2 Å². The molecule has 1 saturated heterocycles. The molecule has 182 valence electrons. The van der Waals surface area contributed by atoms with E-state index >= 15 is 0 Å². The van der Waals surface area contributed by atoms with Crippen molar-refractivity contribution in [2.45, 2.75) is 59.3 Å². The summed E-state index contributed by atoms with van der Waals surface area (Å²) in [5.41, 5.74) is 8.27. The summed E-state index contributed by atoms with van der Waals surface area (Å²) in [6.07, 6.45) is 6.52. The van der Waals surface area contributed by atoms with Gasteiger partial charge in [-0.1, -0.05) is 42.8 Å². The Labute approximate surface area is 214 Å². The minimum Gasteiger partial charge on any atom is -0.372 e. The van der Waals surface area contributed by atoms with E-state index in [1.54, 1.807) is 0 Å². The molecule has 1 fully saturated rings. The van der Waals surface area contributed by atoms with E-state index in [1.807, 2.05) is 32.2 Å². The number of anilines is 1. The van der Waals surface area contributed by atoms with Crippen LogP contribution in [0.5, 0.6) is 0 Å². The molecular weight excluding hydrogens is 452 g/mol. The normalized spacial score (nSPS) is 15.2. The van der Waals surface area contributed by atoms with Crippen LogP contribution in [-0.2, 0) is 0 Å². The second kappa shape index (κ2) is 11.2. The molecule has 0 N–H and O–H groups in total. The van der Waals surface area contributed by atoms with E-state index in [9.17, 15) is 0 Å². The van der Waals surface area contributed by atoms with Crippen molar-refractivity contribution in [1.82, 2.24) is 9.97 Å². The number of nitrogens with zero attached hydrogens (tertiary/aromatic N) is 4. The van der Waals surface area contributed by atoms with Crippen LogP contribution in [0.3, 0.4) is 0 Å². The highest BCUT2D eigenvalue weighted by Gasteiger charge is 2.15. The fraction of sp³-hybridized carbons (Fsp3) is 0.367. The Morgan fingerprint density at radius 1 is 1.09 bits per heavy atom. The van der Waals surface area contributed by atoms with Gasteiger partial charge in [-0.2, -0.15) is 0 Å². The first-order valence-corrected chi connectivity index (χ1v) is 12.9. The van der Waals surface area contributed by atoms with E-state index in [2.05, 4.69) is 60.6 Å². The highest BCUT2D eigenvalue weighted by molar-refractivity contribution is 6.33. The lowest BCUT2D eigenvalue weighted by molar-refractivity contribution is 0.578. The van der Waals surface area contributed by atoms with Crippen molar-refractivity contribution < 1.29 is 0 Å². The highest BCUT2D eigenvalue weighted by Crippen LogP contribution is 2.33. The van der Waals surface area contributed by atoms with E-state index in [0.29, 0.717) is 5.02 Å². The number of hydrogen-bond acceptors (Lipinski definition) is 4. The molecule has 2 aromatic heterocycles. The third-order valence-corrected chi connectivity index (χ3v) is 6.97. The number of aromatic nitrogens is 2. The van der Waals surface area contributed by atoms with E-state index in [-0.39, 0.29) is 5.92 Å². The number of hydrogen-bond donors (Lipinski definition) is 0. The van der Waals surface area contributed by atoms with Crippen molar-refractivity contribution in [3.8, 4) is 11.3 Å². The van der Waals surface area contributed by atoms with Crippen LogP contribution in [-0.4, -0.2) is 28.8 Å². The highest BCUT2D eigenvalue weighted by atomic mass is 35.5. The number of allylic oxidation sites excluding steroid dienone is 1. The van der Waals surface area contributed by atoms with E-state index in [4.69, 9.17) is 21.6 Å². The summed E-state index contributed by atoms with van der Waals surface area (Å²) in [6, 6.07) is 14.7. The SMILES string of the molecule is C=C(C)c1ccnc(C(C)CC(C)=Nc2nc(-c3ccc(N4CCCCC4)cc3)c(Cl)cc2C)c1. The number of aliphatic imine (C=N–C) groups is 1. The molecule has 1 aromatic carbocycles. The average Bonchev–Trinajstić information content (AvgIpc) is 2.86. The maximum absolute atomic E-state index is 6.63. The van der Waals surface area contributed by atoms with Gasteiger partial charge in [-0.05, 0) is 87.9 Å².